The zero-order valence-corrected chi connectivity index (χ0v) is 13.6. The number of nitrogens with one attached hydrogen (secondary N) is 1. The molecule has 0 bridgehead atoms. The first-order valence-electron chi connectivity index (χ1n) is 8.30. The lowest BCUT2D eigenvalue weighted by Gasteiger charge is -2.31. The van der Waals surface area contributed by atoms with Gasteiger partial charge in [-0.15, -0.1) is 0 Å². The number of benzene rings is 2. The highest BCUT2D eigenvalue weighted by Crippen LogP contribution is 2.16. The van der Waals surface area contributed by atoms with Crippen LogP contribution in [0.4, 0.5) is 0 Å². The molecule has 1 aliphatic rings. The van der Waals surface area contributed by atoms with Crippen LogP contribution in [0.2, 0.25) is 0 Å². The third-order valence-corrected chi connectivity index (χ3v) is 4.32. The SMILES string of the molecule is [CH2]c1ccc(CNC(CN2CCOCC2)c2ccccc2)cc1. The van der Waals surface area contributed by atoms with E-state index in [2.05, 4.69) is 71.7 Å². The predicted octanol–water partition coefficient (Wildman–Crippen LogP) is 3.03. The van der Waals surface area contributed by atoms with Gasteiger partial charge in [-0.25, -0.2) is 0 Å². The Balaban J connectivity index is 1.65. The van der Waals surface area contributed by atoms with Crippen LogP contribution in [0.5, 0.6) is 0 Å². The number of nitrogens with zero attached hydrogens (tertiary/aromatic N) is 1. The number of morpholine rings is 1. The fraction of sp³-hybridized carbons (Fsp3) is 0.350. The fourth-order valence-electron chi connectivity index (χ4n) is 2.91. The smallest absolute Gasteiger partial charge is 0.0594 e. The van der Waals surface area contributed by atoms with Crippen molar-refractivity contribution in [1.29, 1.82) is 0 Å². The molecule has 1 fully saturated rings. The van der Waals surface area contributed by atoms with E-state index in [4.69, 9.17) is 4.74 Å². The Morgan fingerprint density at radius 3 is 2.39 bits per heavy atom. The molecular formula is C20H25N2O. The normalized spacial score (nSPS) is 17.1. The molecule has 121 valence electrons. The summed E-state index contributed by atoms with van der Waals surface area (Å²) in [5, 5.41) is 3.72. The van der Waals surface area contributed by atoms with Crippen LogP contribution < -0.4 is 5.32 Å². The van der Waals surface area contributed by atoms with E-state index in [0.717, 1.165) is 45.0 Å². The molecule has 2 aromatic rings. The second-order valence-corrected chi connectivity index (χ2v) is 6.07. The standard InChI is InChI=1S/C20H25N2O/c1-17-7-9-18(10-8-17)15-21-20(19-5-3-2-4-6-19)16-22-11-13-23-14-12-22/h2-10,20-21H,1,11-16H2. The maximum absolute atomic E-state index is 5.46. The molecule has 0 aromatic heterocycles. The zero-order valence-electron chi connectivity index (χ0n) is 13.6. The lowest BCUT2D eigenvalue weighted by molar-refractivity contribution is 0.0333. The van der Waals surface area contributed by atoms with Crippen LogP contribution in [-0.2, 0) is 11.3 Å². The van der Waals surface area contributed by atoms with Gasteiger partial charge in [-0.3, -0.25) is 4.90 Å². The van der Waals surface area contributed by atoms with Gasteiger partial charge in [0.05, 0.1) is 13.2 Å². The van der Waals surface area contributed by atoms with E-state index in [1.165, 1.54) is 11.1 Å². The summed E-state index contributed by atoms with van der Waals surface area (Å²) in [6, 6.07) is 19.5. The van der Waals surface area contributed by atoms with E-state index >= 15 is 0 Å². The summed E-state index contributed by atoms with van der Waals surface area (Å²) in [5.41, 5.74) is 3.69. The molecule has 1 N–H and O–H groups in total. The maximum Gasteiger partial charge on any atom is 0.0594 e. The minimum Gasteiger partial charge on any atom is -0.379 e. The monoisotopic (exact) mass is 309 g/mol. The molecule has 0 spiro atoms. The highest BCUT2D eigenvalue weighted by molar-refractivity contribution is 5.25. The summed E-state index contributed by atoms with van der Waals surface area (Å²) < 4.78 is 5.46. The number of ether oxygens (including phenoxy) is 1. The van der Waals surface area contributed by atoms with Gasteiger partial charge in [0.25, 0.3) is 0 Å². The van der Waals surface area contributed by atoms with E-state index in [-0.39, 0.29) is 0 Å². The van der Waals surface area contributed by atoms with Crippen LogP contribution in [-0.4, -0.2) is 37.7 Å². The van der Waals surface area contributed by atoms with Crippen LogP contribution in [0.3, 0.4) is 0 Å². The topological polar surface area (TPSA) is 24.5 Å². The Kier molecular flexibility index (Phi) is 5.81. The molecular weight excluding hydrogens is 284 g/mol. The molecule has 23 heavy (non-hydrogen) atoms. The molecule has 1 heterocycles. The van der Waals surface area contributed by atoms with Crippen LogP contribution in [0.15, 0.2) is 54.6 Å². The highest BCUT2D eigenvalue weighted by atomic mass is 16.5. The summed E-state index contributed by atoms with van der Waals surface area (Å²) in [6.07, 6.45) is 0. The Morgan fingerprint density at radius 2 is 1.70 bits per heavy atom. The fourth-order valence-corrected chi connectivity index (χ4v) is 2.91. The molecule has 0 saturated carbocycles. The van der Waals surface area contributed by atoms with Gasteiger partial charge in [-0.1, -0.05) is 54.6 Å². The van der Waals surface area contributed by atoms with Gasteiger partial charge in [0.2, 0.25) is 0 Å². The van der Waals surface area contributed by atoms with Crippen molar-refractivity contribution >= 4 is 0 Å². The average Bonchev–Trinajstić information content (AvgIpc) is 2.61. The molecule has 0 aliphatic carbocycles. The second-order valence-electron chi connectivity index (χ2n) is 6.07. The first-order valence-corrected chi connectivity index (χ1v) is 8.30. The van der Waals surface area contributed by atoms with Crippen molar-refractivity contribution in [3.8, 4) is 0 Å². The summed E-state index contributed by atoms with van der Waals surface area (Å²) in [4.78, 5) is 2.48. The second kappa shape index (κ2) is 8.25. The molecule has 3 heteroatoms. The van der Waals surface area contributed by atoms with Crippen molar-refractivity contribution in [2.45, 2.75) is 12.6 Å². The van der Waals surface area contributed by atoms with Crippen LogP contribution in [0.1, 0.15) is 22.7 Å². The molecule has 1 aliphatic heterocycles. The molecule has 1 unspecified atom stereocenters. The average molecular weight is 309 g/mol. The van der Waals surface area contributed by atoms with Gasteiger partial charge >= 0.3 is 0 Å². The Morgan fingerprint density at radius 1 is 1.00 bits per heavy atom. The zero-order chi connectivity index (χ0) is 15.9. The Bertz CT molecular complexity index is 576. The van der Waals surface area contributed by atoms with E-state index in [9.17, 15) is 0 Å². The molecule has 1 radical (unpaired) electrons. The molecule has 1 atom stereocenters. The largest absolute Gasteiger partial charge is 0.379 e. The first kappa shape index (κ1) is 16.2. The van der Waals surface area contributed by atoms with Gasteiger partial charge < -0.3 is 10.1 Å². The molecule has 3 nitrogen and oxygen atoms in total. The van der Waals surface area contributed by atoms with Crippen LogP contribution >= 0.6 is 0 Å². The minimum absolute atomic E-state index is 0.328. The minimum atomic E-state index is 0.328. The van der Waals surface area contributed by atoms with Gasteiger partial charge in [0.15, 0.2) is 0 Å². The molecule has 3 rings (SSSR count). The summed E-state index contributed by atoms with van der Waals surface area (Å²) >= 11 is 0. The Labute approximate surface area is 139 Å². The van der Waals surface area contributed by atoms with E-state index in [1.54, 1.807) is 0 Å². The third kappa shape index (κ3) is 4.90. The lowest BCUT2D eigenvalue weighted by Crippen LogP contribution is -2.41. The first-order chi connectivity index (χ1) is 11.3. The summed E-state index contributed by atoms with van der Waals surface area (Å²) in [7, 11) is 0. The third-order valence-electron chi connectivity index (χ3n) is 4.32. The number of hydrogen-bond donors (Lipinski definition) is 1. The molecule has 1 saturated heterocycles. The van der Waals surface area contributed by atoms with Gasteiger partial charge in [0.1, 0.15) is 0 Å². The van der Waals surface area contributed by atoms with Crippen molar-refractivity contribution < 1.29 is 4.74 Å². The van der Waals surface area contributed by atoms with Crippen LogP contribution in [0.25, 0.3) is 0 Å². The Hall–Kier alpha value is -1.68. The molecule has 2 aromatic carbocycles. The van der Waals surface area contributed by atoms with Crippen molar-refractivity contribution in [2.24, 2.45) is 0 Å². The van der Waals surface area contributed by atoms with E-state index in [0.29, 0.717) is 6.04 Å². The van der Waals surface area contributed by atoms with Crippen molar-refractivity contribution in [3.05, 3.63) is 78.2 Å². The number of rotatable bonds is 6. The van der Waals surface area contributed by atoms with Gasteiger partial charge in [-0.2, -0.15) is 0 Å². The molecule has 0 amide bonds. The quantitative estimate of drug-likeness (QED) is 0.888. The van der Waals surface area contributed by atoms with Gasteiger partial charge in [-0.05, 0) is 23.6 Å². The number of hydrogen-bond acceptors (Lipinski definition) is 3. The van der Waals surface area contributed by atoms with Gasteiger partial charge in [0, 0.05) is 32.2 Å². The maximum atomic E-state index is 5.46. The van der Waals surface area contributed by atoms with E-state index < -0.39 is 0 Å². The van der Waals surface area contributed by atoms with Crippen LogP contribution in [0, 0.1) is 6.92 Å². The van der Waals surface area contributed by atoms with Crippen molar-refractivity contribution in [3.63, 3.8) is 0 Å². The van der Waals surface area contributed by atoms with Crippen molar-refractivity contribution in [1.82, 2.24) is 10.2 Å². The lowest BCUT2D eigenvalue weighted by atomic mass is 10.1. The van der Waals surface area contributed by atoms with E-state index in [1.807, 2.05) is 0 Å². The summed E-state index contributed by atoms with van der Waals surface area (Å²) in [5.74, 6) is 0. The summed E-state index contributed by atoms with van der Waals surface area (Å²) in [6.45, 7) is 9.53. The highest BCUT2D eigenvalue weighted by Gasteiger charge is 2.17. The predicted molar refractivity (Wildman–Crippen MR) is 94.2 cm³/mol. The van der Waals surface area contributed by atoms with Crippen molar-refractivity contribution in [2.75, 3.05) is 32.8 Å².